The van der Waals surface area contributed by atoms with E-state index >= 15 is 0 Å². The van der Waals surface area contributed by atoms with Crippen molar-refractivity contribution in [3.8, 4) is 11.3 Å². The number of rotatable bonds is 6. The van der Waals surface area contributed by atoms with Crippen LogP contribution in [-0.2, 0) is 9.53 Å². The van der Waals surface area contributed by atoms with Gasteiger partial charge in [-0.25, -0.2) is 15.0 Å². The second-order valence-corrected chi connectivity index (χ2v) is 8.28. The van der Waals surface area contributed by atoms with Gasteiger partial charge in [-0.3, -0.25) is 4.79 Å². The van der Waals surface area contributed by atoms with E-state index in [4.69, 9.17) is 15.5 Å². The van der Waals surface area contributed by atoms with Gasteiger partial charge >= 0.3 is 0 Å². The highest BCUT2D eigenvalue weighted by Gasteiger charge is 2.21. The van der Waals surface area contributed by atoms with Gasteiger partial charge in [0, 0.05) is 80.4 Å². The first-order valence-corrected chi connectivity index (χ1v) is 11.4. The van der Waals surface area contributed by atoms with Crippen molar-refractivity contribution in [3.63, 3.8) is 0 Å². The van der Waals surface area contributed by atoms with Crippen LogP contribution in [0.1, 0.15) is 0 Å². The van der Waals surface area contributed by atoms with Crippen molar-refractivity contribution >= 4 is 35.2 Å². The molecule has 10 nitrogen and oxygen atoms in total. The third kappa shape index (κ3) is 4.86. The SMILES string of the molecule is Nc1ncc(-c2cc(N3CCN(c4cccc(NC=O)c4)CC3)cc(N3CCOCC3)n2)cn1. The minimum absolute atomic E-state index is 0.247. The zero-order valence-electron chi connectivity index (χ0n) is 18.9. The molecule has 1 aromatic carbocycles. The van der Waals surface area contributed by atoms with Crippen molar-refractivity contribution in [1.29, 1.82) is 0 Å². The number of amides is 1. The number of hydrogen-bond acceptors (Lipinski definition) is 9. The van der Waals surface area contributed by atoms with Gasteiger partial charge in [0.2, 0.25) is 12.4 Å². The Balaban J connectivity index is 1.38. The van der Waals surface area contributed by atoms with Crippen LogP contribution < -0.4 is 25.8 Å². The molecule has 5 rings (SSSR count). The Morgan fingerprint density at radius 2 is 1.59 bits per heavy atom. The predicted molar refractivity (Wildman–Crippen MR) is 133 cm³/mol. The lowest BCUT2D eigenvalue weighted by atomic mass is 10.1. The summed E-state index contributed by atoms with van der Waals surface area (Å²) in [5.74, 6) is 1.18. The molecule has 2 aliphatic heterocycles. The van der Waals surface area contributed by atoms with E-state index in [2.05, 4.69) is 48.2 Å². The number of nitrogens with two attached hydrogens (primary N) is 1. The first-order valence-electron chi connectivity index (χ1n) is 11.4. The third-order valence-electron chi connectivity index (χ3n) is 6.18. The maximum atomic E-state index is 10.8. The number of hydrogen-bond donors (Lipinski definition) is 2. The summed E-state index contributed by atoms with van der Waals surface area (Å²) in [5.41, 5.74) is 10.4. The summed E-state index contributed by atoms with van der Waals surface area (Å²) in [5, 5.41) is 2.73. The van der Waals surface area contributed by atoms with Crippen molar-refractivity contribution in [3.05, 3.63) is 48.8 Å². The molecule has 10 heteroatoms. The molecule has 1 amide bonds. The van der Waals surface area contributed by atoms with Crippen molar-refractivity contribution in [1.82, 2.24) is 15.0 Å². The number of nitrogens with zero attached hydrogens (tertiary/aromatic N) is 6. The summed E-state index contributed by atoms with van der Waals surface area (Å²) in [6, 6.07) is 12.2. The molecule has 0 bridgehead atoms. The summed E-state index contributed by atoms with van der Waals surface area (Å²) in [6.07, 6.45) is 4.14. The molecule has 2 saturated heterocycles. The van der Waals surface area contributed by atoms with E-state index < -0.39 is 0 Å². The molecule has 176 valence electrons. The summed E-state index contributed by atoms with van der Waals surface area (Å²) in [4.78, 5) is 31.0. The van der Waals surface area contributed by atoms with Gasteiger partial charge in [0.05, 0.1) is 18.9 Å². The molecule has 3 aromatic rings. The molecule has 4 heterocycles. The second kappa shape index (κ2) is 9.92. The van der Waals surface area contributed by atoms with Crippen LogP contribution in [0.3, 0.4) is 0 Å². The van der Waals surface area contributed by atoms with E-state index in [1.54, 1.807) is 12.4 Å². The lowest BCUT2D eigenvalue weighted by Gasteiger charge is -2.38. The average Bonchev–Trinajstić information content (AvgIpc) is 2.90. The van der Waals surface area contributed by atoms with E-state index in [-0.39, 0.29) is 5.95 Å². The topological polar surface area (TPSA) is 113 Å². The maximum Gasteiger partial charge on any atom is 0.219 e. The Morgan fingerprint density at radius 3 is 2.29 bits per heavy atom. The Morgan fingerprint density at radius 1 is 0.882 bits per heavy atom. The smallest absolute Gasteiger partial charge is 0.219 e. The Kier molecular flexibility index (Phi) is 6.39. The zero-order chi connectivity index (χ0) is 23.3. The van der Waals surface area contributed by atoms with E-state index in [9.17, 15) is 4.79 Å². The van der Waals surface area contributed by atoms with Crippen LogP contribution in [0.2, 0.25) is 0 Å². The molecule has 0 saturated carbocycles. The van der Waals surface area contributed by atoms with E-state index in [1.807, 2.05) is 18.2 Å². The van der Waals surface area contributed by atoms with E-state index in [0.717, 1.165) is 73.4 Å². The number of morpholine rings is 1. The zero-order valence-corrected chi connectivity index (χ0v) is 18.9. The summed E-state index contributed by atoms with van der Waals surface area (Å²) in [6.45, 7) is 6.51. The molecule has 0 radical (unpaired) electrons. The molecule has 0 spiro atoms. The summed E-state index contributed by atoms with van der Waals surface area (Å²) >= 11 is 0. The van der Waals surface area contributed by atoms with Crippen LogP contribution in [0.4, 0.5) is 28.8 Å². The molecule has 2 fully saturated rings. The molecule has 0 atom stereocenters. The van der Waals surface area contributed by atoms with Gasteiger partial charge < -0.3 is 30.5 Å². The van der Waals surface area contributed by atoms with Crippen LogP contribution in [0.25, 0.3) is 11.3 Å². The number of nitrogens with one attached hydrogen (secondary N) is 1. The van der Waals surface area contributed by atoms with Crippen molar-refractivity contribution in [2.75, 3.05) is 78.2 Å². The first-order chi connectivity index (χ1) is 16.7. The third-order valence-corrected chi connectivity index (χ3v) is 6.18. The fourth-order valence-electron chi connectivity index (χ4n) is 4.34. The number of piperazine rings is 1. The lowest BCUT2D eigenvalue weighted by molar-refractivity contribution is -0.105. The fourth-order valence-corrected chi connectivity index (χ4v) is 4.34. The van der Waals surface area contributed by atoms with Gasteiger partial charge in [-0.1, -0.05) is 6.07 Å². The van der Waals surface area contributed by atoms with Crippen LogP contribution in [0, 0.1) is 0 Å². The highest BCUT2D eigenvalue weighted by atomic mass is 16.5. The van der Waals surface area contributed by atoms with Crippen molar-refractivity contribution in [2.24, 2.45) is 0 Å². The Labute approximate surface area is 198 Å². The predicted octanol–water partition coefficient (Wildman–Crippen LogP) is 1.85. The average molecular weight is 461 g/mol. The highest BCUT2D eigenvalue weighted by molar-refractivity contribution is 5.74. The van der Waals surface area contributed by atoms with Gasteiger partial charge in [0.1, 0.15) is 5.82 Å². The molecule has 2 aromatic heterocycles. The molecule has 0 unspecified atom stereocenters. The normalized spacial score (nSPS) is 16.4. The fraction of sp³-hybridized carbons (Fsp3) is 0.333. The van der Waals surface area contributed by atoms with Crippen LogP contribution >= 0.6 is 0 Å². The molecule has 3 N–H and O–H groups in total. The number of pyridine rings is 1. The maximum absolute atomic E-state index is 10.8. The van der Waals surface area contributed by atoms with Gasteiger partial charge in [0.25, 0.3) is 0 Å². The second-order valence-electron chi connectivity index (χ2n) is 8.28. The van der Waals surface area contributed by atoms with Crippen LogP contribution in [0.5, 0.6) is 0 Å². The van der Waals surface area contributed by atoms with Gasteiger partial charge in [-0.05, 0) is 24.3 Å². The number of aromatic nitrogens is 3. The van der Waals surface area contributed by atoms with Crippen molar-refractivity contribution < 1.29 is 9.53 Å². The number of anilines is 5. The number of benzene rings is 1. The van der Waals surface area contributed by atoms with E-state index in [1.165, 1.54) is 0 Å². The standard InChI is InChI=1S/C24H28N8O2/c25-24-26-15-18(16-27-24)22-13-21(14-23(29-22)32-8-10-34-11-9-32)31-6-4-30(5-7-31)20-3-1-2-19(12-20)28-17-33/h1-3,12-17H,4-11H2,(H,28,33)(H2,25,26,27). The first kappa shape index (κ1) is 21.9. The molecular formula is C24H28N8O2. The lowest BCUT2D eigenvalue weighted by Crippen LogP contribution is -2.46. The van der Waals surface area contributed by atoms with Crippen LogP contribution in [0.15, 0.2) is 48.8 Å². The molecule has 34 heavy (non-hydrogen) atoms. The number of ether oxygens (including phenoxy) is 1. The minimum atomic E-state index is 0.247. The number of nitrogen functional groups attached to an aromatic ring is 1. The molecule has 0 aliphatic carbocycles. The number of carbonyl (C=O) groups is 1. The monoisotopic (exact) mass is 460 g/mol. The quantitative estimate of drug-likeness (QED) is 0.532. The summed E-state index contributed by atoms with van der Waals surface area (Å²) < 4.78 is 5.53. The van der Waals surface area contributed by atoms with Gasteiger partial charge in [-0.2, -0.15) is 0 Å². The van der Waals surface area contributed by atoms with Gasteiger partial charge in [-0.15, -0.1) is 0 Å². The Bertz CT molecular complexity index is 1130. The van der Waals surface area contributed by atoms with Gasteiger partial charge in [0.15, 0.2) is 0 Å². The molecule has 2 aliphatic rings. The van der Waals surface area contributed by atoms with Crippen molar-refractivity contribution in [2.45, 2.75) is 0 Å². The minimum Gasteiger partial charge on any atom is -0.378 e. The van der Waals surface area contributed by atoms with Crippen LogP contribution in [-0.4, -0.2) is 73.8 Å². The summed E-state index contributed by atoms with van der Waals surface area (Å²) in [7, 11) is 0. The molecular weight excluding hydrogens is 432 g/mol. The largest absolute Gasteiger partial charge is 0.378 e. The number of carbonyl (C=O) groups excluding carboxylic acids is 1. The van der Waals surface area contributed by atoms with E-state index in [0.29, 0.717) is 19.6 Å². The Hall–Kier alpha value is -3.92. The highest BCUT2D eigenvalue weighted by Crippen LogP contribution is 2.30.